The summed E-state index contributed by atoms with van der Waals surface area (Å²) < 4.78 is 10.7. The van der Waals surface area contributed by atoms with Gasteiger partial charge in [0.2, 0.25) is 11.7 Å². The number of rotatable bonds is 2. The highest BCUT2D eigenvalue weighted by atomic mass is 16.5. The molecule has 1 atom stereocenters. The second-order valence-electron chi connectivity index (χ2n) is 4.31. The van der Waals surface area contributed by atoms with Gasteiger partial charge >= 0.3 is 0 Å². The van der Waals surface area contributed by atoms with Crippen molar-refractivity contribution in [1.29, 1.82) is 0 Å². The summed E-state index contributed by atoms with van der Waals surface area (Å²) in [7, 11) is 1.52. The molecule has 1 aromatic heterocycles. The predicted octanol–water partition coefficient (Wildman–Crippen LogP) is 3.45. The Kier molecular flexibility index (Phi) is 4.33. The van der Waals surface area contributed by atoms with Gasteiger partial charge in [-0.05, 0) is 6.92 Å². The van der Waals surface area contributed by atoms with Gasteiger partial charge in [-0.15, -0.1) is 0 Å². The van der Waals surface area contributed by atoms with Gasteiger partial charge in [-0.2, -0.15) is 0 Å². The maximum atomic E-state index is 12.0. The van der Waals surface area contributed by atoms with Crippen LogP contribution in [0.25, 0.3) is 11.3 Å². The van der Waals surface area contributed by atoms with Crippen LogP contribution < -0.4 is 0 Å². The van der Waals surface area contributed by atoms with E-state index in [0.29, 0.717) is 22.8 Å². The molecule has 1 aromatic carbocycles. The molecule has 1 heterocycles. The van der Waals surface area contributed by atoms with Gasteiger partial charge in [-0.1, -0.05) is 38.1 Å². The second kappa shape index (κ2) is 6.01. The number of Topliss-reactive ketones (excluding diaryl/α,β-unsaturated/α-hetero) is 2. The van der Waals surface area contributed by atoms with Gasteiger partial charge in [0.15, 0.2) is 11.5 Å². The monoisotopic (exact) mass is 287 g/mol. The van der Waals surface area contributed by atoms with Crippen LogP contribution in [0.5, 0.6) is 0 Å². The molecule has 1 aliphatic carbocycles. The molecule has 0 amide bonds. The van der Waals surface area contributed by atoms with Crippen molar-refractivity contribution >= 4 is 11.6 Å². The molecule has 110 valence electrons. The van der Waals surface area contributed by atoms with Crippen LogP contribution in [0.3, 0.4) is 0 Å². The summed E-state index contributed by atoms with van der Waals surface area (Å²) in [5.74, 6) is -0.538. The Morgan fingerprint density at radius 2 is 1.71 bits per heavy atom. The minimum atomic E-state index is -0.632. The van der Waals surface area contributed by atoms with Crippen molar-refractivity contribution in [3.05, 3.63) is 41.4 Å². The molecular weight excluding hydrogens is 270 g/mol. The molecule has 0 saturated carbocycles. The zero-order chi connectivity index (χ0) is 15.6. The highest BCUT2D eigenvalue weighted by Gasteiger charge is 2.35. The first-order valence-electron chi connectivity index (χ1n) is 6.85. The quantitative estimate of drug-likeness (QED) is 0.791. The molecule has 0 fully saturated rings. The van der Waals surface area contributed by atoms with Crippen molar-refractivity contribution in [3.63, 3.8) is 0 Å². The fourth-order valence-electron chi connectivity index (χ4n) is 2.06. The minimum absolute atomic E-state index is 0.0719. The van der Waals surface area contributed by atoms with Gasteiger partial charge in [0.1, 0.15) is 6.10 Å². The van der Waals surface area contributed by atoms with Crippen molar-refractivity contribution in [2.24, 2.45) is 0 Å². The average Bonchev–Trinajstić information content (AvgIpc) is 2.99. The number of ether oxygens (including phenoxy) is 1. The molecule has 0 radical (unpaired) electrons. The summed E-state index contributed by atoms with van der Waals surface area (Å²) in [5, 5.41) is 0. The Morgan fingerprint density at radius 3 is 2.33 bits per heavy atom. The summed E-state index contributed by atoms with van der Waals surface area (Å²) >= 11 is 0. The highest BCUT2D eigenvalue weighted by molar-refractivity contribution is 6.52. The Balaban J connectivity index is 0.000000774. The largest absolute Gasteiger partial charge is 0.437 e. The predicted molar refractivity (Wildman–Crippen MR) is 77.4 cm³/mol. The van der Waals surface area contributed by atoms with E-state index >= 15 is 0 Å². The molecule has 2 aromatic rings. The third-order valence-corrected chi connectivity index (χ3v) is 3.18. The van der Waals surface area contributed by atoms with E-state index in [4.69, 9.17) is 9.15 Å². The van der Waals surface area contributed by atoms with Crippen LogP contribution in [0, 0.1) is 0 Å². The van der Waals surface area contributed by atoms with Gasteiger partial charge in [-0.3, -0.25) is 9.59 Å². The Labute approximate surface area is 122 Å². The van der Waals surface area contributed by atoms with E-state index in [2.05, 4.69) is 4.98 Å². The molecule has 0 aliphatic heterocycles. The number of methoxy groups -OCH3 is 1. The molecule has 0 N–H and O–H groups in total. The van der Waals surface area contributed by atoms with Crippen molar-refractivity contribution in [2.45, 2.75) is 26.9 Å². The highest BCUT2D eigenvalue weighted by Crippen LogP contribution is 2.35. The number of oxazole rings is 1. The maximum absolute atomic E-state index is 12.0. The molecule has 3 rings (SSSR count). The van der Waals surface area contributed by atoms with Crippen LogP contribution >= 0.6 is 0 Å². The van der Waals surface area contributed by atoms with Crippen LogP contribution in [-0.4, -0.2) is 23.7 Å². The first-order chi connectivity index (χ1) is 10.1. The fourth-order valence-corrected chi connectivity index (χ4v) is 2.06. The number of carbonyl (C=O) groups excluding carboxylic acids is 2. The van der Waals surface area contributed by atoms with Crippen molar-refractivity contribution in [3.8, 4) is 11.3 Å². The first-order valence-corrected chi connectivity index (χ1v) is 6.85. The standard InChI is InChI=1S/C14H11NO4.C2H6/c1-7(18-2)14-15-10-12(17)11(16)8-5-3-4-6-9(8)13(10)19-14;1-2/h3-7H,1-2H3;1-2H3. The molecule has 0 bridgehead atoms. The zero-order valence-electron chi connectivity index (χ0n) is 12.5. The lowest BCUT2D eigenvalue weighted by atomic mass is 9.91. The smallest absolute Gasteiger partial charge is 0.255 e. The molecule has 0 spiro atoms. The van der Waals surface area contributed by atoms with E-state index in [-0.39, 0.29) is 11.8 Å². The number of nitrogens with zero attached hydrogens (tertiary/aromatic N) is 1. The molecule has 0 saturated heterocycles. The van der Waals surface area contributed by atoms with E-state index in [9.17, 15) is 9.59 Å². The molecule has 5 heteroatoms. The van der Waals surface area contributed by atoms with Crippen molar-refractivity contribution in [1.82, 2.24) is 4.98 Å². The maximum Gasteiger partial charge on any atom is 0.255 e. The van der Waals surface area contributed by atoms with E-state index in [1.54, 1.807) is 31.2 Å². The summed E-state index contributed by atoms with van der Waals surface area (Å²) in [6.45, 7) is 5.76. The average molecular weight is 287 g/mol. The Hall–Kier alpha value is -2.27. The molecule has 21 heavy (non-hydrogen) atoms. The summed E-state index contributed by atoms with van der Waals surface area (Å²) in [4.78, 5) is 28.0. The number of hydrogen-bond donors (Lipinski definition) is 0. The SMILES string of the molecule is CC.COC(C)c1nc2c(o1)-c1ccccc1C(=O)C2=O. The third-order valence-electron chi connectivity index (χ3n) is 3.18. The number of fused-ring (bicyclic) bond motifs is 3. The summed E-state index contributed by atoms with van der Waals surface area (Å²) in [6.07, 6.45) is -0.374. The van der Waals surface area contributed by atoms with Crippen LogP contribution in [0.1, 0.15) is 53.6 Å². The fraction of sp³-hybridized carbons (Fsp3) is 0.312. The summed E-state index contributed by atoms with van der Waals surface area (Å²) in [6, 6.07) is 6.85. The number of hydrogen-bond acceptors (Lipinski definition) is 5. The van der Waals surface area contributed by atoms with Crippen molar-refractivity contribution in [2.75, 3.05) is 7.11 Å². The first kappa shape index (κ1) is 15.1. The summed E-state index contributed by atoms with van der Waals surface area (Å²) in [5.41, 5.74) is 1.03. The van der Waals surface area contributed by atoms with E-state index in [1.807, 2.05) is 13.8 Å². The van der Waals surface area contributed by atoms with E-state index < -0.39 is 11.6 Å². The molecule has 1 unspecified atom stereocenters. The minimum Gasteiger partial charge on any atom is -0.437 e. The topological polar surface area (TPSA) is 69.4 Å². The number of aromatic nitrogens is 1. The number of carbonyl (C=O) groups is 2. The van der Waals surface area contributed by atoms with Crippen LogP contribution in [0.15, 0.2) is 28.7 Å². The molecule has 1 aliphatic rings. The molecule has 5 nitrogen and oxygen atoms in total. The molecular formula is C16H17NO4. The third kappa shape index (κ3) is 2.40. The van der Waals surface area contributed by atoms with Crippen LogP contribution in [-0.2, 0) is 4.74 Å². The Morgan fingerprint density at radius 1 is 1.10 bits per heavy atom. The normalized spacial score (nSPS) is 13.9. The van der Waals surface area contributed by atoms with Gasteiger partial charge in [0.05, 0.1) is 0 Å². The van der Waals surface area contributed by atoms with Gasteiger partial charge in [0.25, 0.3) is 5.78 Å². The van der Waals surface area contributed by atoms with Crippen molar-refractivity contribution < 1.29 is 18.7 Å². The van der Waals surface area contributed by atoms with Gasteiger partial charge in [-0.25, -0.2) is 4.98 Å². The lowest BCUT2D eigenvalue weighted by Gasteiger charge is -2.10. The number of benzene rings is 1. The lowest BCUT2D eigenvalue weighted by molar-refractivity contribution is 0.0811. The van der Waals surface area contributed by atoms with Crippen LogP contribution in [0.4, 0.5) is 0 Å². The second-order valence-corrected chi connectivity index (χ2v) is 4.31. The van der Waals surface area contributed by atoms with Gasteiger partial charge in [0, 0.05) is 18.2 Å². The zero-order valence-corrected chi connectivity index (χ0v) is 12.5. The van der Waals surface area contributed by atoms with Crippen LogP contribution in [0.2, 0.25) is 0 Å². The number of ketones is 2. The van der Waals surface area contributed by atoms with Gasteiger partial charge < -0.3 is 9.15 Å². The van der Waals surface area contributed by atoms with E-state index in [0.717, 1.165) is 0 Å². The van der Waals surface area contributed by atoms with E-state index in [1.165, 1.54) is 7.11 Å². The lowest BCUT2D eigenvalue weighted by Crippen LogP contribution is -2.20. The Bertz CT molecular complexity index is 687.